The molecule has 0 radical (unpaired) electrons. The van der Waals surface area contributed by atoms with Crippen LogP contribution in [-0.2, 0) is 4.79 Å². The standard InChI is InChI=1S/C16H12ClNO3/c17-13-5-8-15(21-10-16(19)20)12(9-13)4-1-11-2-6-14(18)7-3-11/h2-3,5-9H,10,18H2,(H,19,20). The van der Waals surface area contributed by atoms with Crippen LogP contribution in [-0.4, -0.2) is 17.7 Å². The van der Waals surface area contributed by atoms with Gasteiger partial charge in [0.25, 0.3) is 0 Å². The van der Waals surface area contributed by atoms with E-state index in [0.29, 0.717) is 22.0 Å². The lowest BCUT2D eigenvalue weighted by Crippen LogP contribution is -2.10. The van der Waals surface area contributed by atoms with E-state index >= 15 is 0 Å². The van der Waals surface area contributed by atoms with Crippen LogP contribution in [0.4, 0.5) is 5.69 Å². The Bertz CT molecular complexity index is 715. The van der Waals surface area contributed by atoms with Gasteiger partial charge in [-0.15, -0.1) is 0 Å². The highest BCUT2D eigenvalue weighted by molar-refractivity contribution is 6.30. The maximum Gasteiger partial charge on any atom is 0.341 e. The Kier molecular flexibility index (Phi) is 4.70. The summed E-state index contributed by atoms with van der Waals surface area (Å²) >= 11 is 5.93. The number of nitrogens with two attached hydrogens (primary N) is 1. The predicted molar refractivity (Wildman–Crippen MR) is 81.4 cm³/mol. The number of rotatable bonds is 3. The van der Waals surface area contributed by atoms with E-state index in [1.807, 2.05) is 0 Å². The van der Waals surface area contributed by atoms with E-state index in [4.69, 9.17) is 27.2 Å². The van der Waals surface area contributed by atoms with Gasteiger partial charge in [0.05, 0.1) is 5.56 Å². The molecule has 4 nitrogen and oxygen atoms in total. The van der Waals surface area contributed by atoms with Crippen molar-refractivity contribution in [2.75, 3.05) is 12.3 Å². The molecular weight excluding hydrogens is 290 g/mol. The van der Waals surface area contributed by atoms with Crippen molar-refractivity contribution in [3.8, 4) is 17.6 Å². The normalized spacial score (nSPS) is 9.57. The highest BCUT2D eigenvalue weighted by Crippen LogP contribution is 2.22. The fourth-order valence-corrected chi connectivity index (χ4v) is 1.74. The minimum absolute atomic E-state index is 0.379. The molecule has 0 bridgehead atoms. The van der Waals surface area contributed by atoms with Gasteiger partial charge in [-0.1, -0.05) is 23.4 Å². The second kappa shape index (κ2) is 6.69. The predicted octanol–water partition coefficient (Wildman–Crippen LogP) is 2.79. The molecule has 2 aromatic carbocycles. The van der Waals surface area contributed by atoms with Crippen molar-refractivity contribution in [3.05, 3.63) is 58.6 Å². The quantitative estimate of drug-likeness (QED) is 0.675. The Balaban J connectivity index is 2.28. The van der Waals surface area contributed by atoms with Gasteiger partial charge < -0.3 is 15.6 Å². The summed E-state index contributed by atoms with van der Waals surface area (Å²) in [6.07, 6.45) is 0. The number of hydrogen-bond donors (Lipinski definition) is 2. The molecule has 0 spiro atoms. The summed E-state index contributed by atoms with van der Waals surface area (Å²) in [7, 11) is 0. The third-order valence-corrected chi connectivity index (χ3v) is 2.78. The fraction of sp³-hybridized carbons (Fsp3) is 0.0625. The number of carboxylic acid groups (broad SMARTS) is 1. The van der Waals surface area contributed by atoms with E-state index in [1.54, 1.807) is 42.5 Å². The van der Waals surface area contributed by atoms with Crippen LogP contribution in [0.3, 0.4) is 0 Å². The van der Waals surface area contributed by atoms with Gasteiger partial charge in [0.15, 0.2) is 6.61 Å². The van der Waals surface area contributed by atoms with E-state index in [0.717, 1.165) is 5.56 Å². The molecule has 0 aliphatic rings. The molecule has 0 unspecified atom stereocenters. The fourth-order valence-electron chi connectivity index (χ4n) is 1.57. The second-order valence-electron chi connectivity index (χ2n) is 4.19. The van der Waals surface area contributed by atoms with Crippen molar-refractivity contribution in [2.45, 2.75) is 0 Å². The number of carbonyl (C=O) groups is 1. The van der Waals surface area contributed by atoms with E-state index in [-0.39, 0.29) is 0 Å². The van der Waals surface area contributed by atoms with Crippen molar-refractivity contribution in [1.82, 2.24) is 0 Å². The molecule has 0 atom stereocenters. The minimum Gasteiger partial charge on any atom is -0.481 e. The smallest absolute Gasteiger partial charge is 0.341 e. The van der Waals surface area contributed by atoms with Crippen molar-refractivity contribution in [3.63, 3.8) is 0 Å². The monoisotopic (exact) mass is 301 g/mol. The number of ether oxygens (including phenoxy) is 1. The number of nitrogen functional groups attached to an aromatic ring is 1. The first-order chi connectivity index (χ1) is 10.0. The average molecular weight is 302 g/mol. The van der Waals surface area contributed by atoms with Gasteiger partial charge in [-0.2, -0.15) is 0 Å². The molecule has 0 aliphatic heterocycles. The van der Waals surface area contributed by atoms with E-state index in [9.17, 15) is 4.79 Å². The Morgan fingerprint density at radius 2 is 1.90 bits per heavy atom. The Morgan fingerprint density at radius 3 is 2.57 bits per heavy atom. The zero-order valence-corrected chi connectivity index (χ0v) is 11.7. The van der Waals surface area contributed by atoms with Crippen molar-refractivity contribution >= 4 is 23.3 Å². The molecule has 0 saturated carbocycles. The maximum atomic E-state index is 10.6. The van der Waals surface area contributed by atoms with Crippen molar-refractivity contribution in [2.24, 2.45) is 0 Å². The Morgan fingerprint density at radius 1 is 1.19 bits per heavy atom. The summed E-state index contributed by atoms with van der Waals surface area (Å²) in [6, 6.07) is 11.9. The maximum absolute atomic E-state index is 10.6. The van der Waals surface area contributed by atoms with Gasteiger partial charge in [-0.05, 0) is 42.5 Å². The van der Waals surface area contributed by atoms with Crippen LogP contribution >= 0.6 is 11.6 Å². The average Bonchev–Trinajstić information content (AvgIpc) is 2.45. The molecule has 3 N–H and O–H groups in total. The molecular formula is C16H12ClNO3. The summed E-state index contributed by atoms with van der Waals surface area (Å²) in [4.78, 5) is 10.6. The molecule has 2 aromatic rings. The third-order valence-electron chi connectivity index (χ3n) is 2.54. The van der Waals surface area contributed by atoms with Crippen LogP contribution in [0, 0.1) is 11.8 Å². The van der Waals surface area contributed by atoms with Crippen molar-refractivity contribution in [1.29, 1.82) is 0 Å². The number of benzene rings is 2. The molecule has 106 valence electrons. The van der Waals surface area contributed by atoms with Gasteiger partial charge in [-0.3, -0.25) is 0 Å². The Hall–Kier alpha value is -2.64. The summed E-state index contributed by atoms with van der Waals surface area (Å²) in [5.74, 6) is 5.20. The molecule has 5 heteroatoms. The molecule has 0 saturated heterocycles. The summed E-state index contributed by atoms with van der Waals surface area (Å²) < 4.78 is 5.18. The lowest BCUT2D eigenvalue weighted by atomic mass is 10.1. The molecule has 21 heavy (non-hydrogen) atoms. The highest BCUT2D eigenvalue weighted by Gasteiger charge is 2.05. The number of aliphatic carboxylic acids is 1. The first kappa shape index (κ1) is 14.8. The third kappa shape index (κ3) is 4.44. The van der Waals surface area contributed by atoms with Gasteiger partial charge in [0, 0.05) is 16.3 Å². The summed E-state index contributed by atoms with van der Waals surface area (Å²) in [5.41, 5.74) is 7.58. The van der Waals surface area contributed by atoms with Gasteiger partial charge in [-0.25, -0.2) is 4.79 Å². The minimum atomic E-state index is -1.05. The molecule has 2 rings (SSSR count). The Labute approximate surface area is 127 Å². The van der Waals surface area contributed by atoms with E-state index in [2.05, 4.69) is 11.8 Å². The van der Waals surface area contributed by atoms with Crippen LogP contribution in [0.2, 0.25) is 5.02 Å². The molecule has 0 amide bonds. The van der Waals surface area contributed by atoms with Crippen LogP contribution in [0.5, 0.6) is 5.75 Å². The van der Waals surface area contributed by atoms with Crippen LogP contribution in [0.15, 0.2) is 42.5 Å². The lowest BCUT2D eigenvalue weighted by Gasteiger charge is -2.06. The molecule has 0 aromatic heterocycles. The topological polar surface area (TPSA) is 72.5 Å². The highest BCUT2D eigenvalue weighted by atomic mass is 35.5. The SMILES string of the molecule is Nc1ccc(C#Cc2cc(Cl)ccc2OCC(=O)O)cc1. The van der Waals surface area contributed by atoms with Crippen LogP contribution < -0.4 is 10.5 Å². The first-order valence-corrected chi connectivity index (χ1v) is 6.44. The molecule has 0 fully saturated rings. The van der Waals surface area contributed by atoms with Crippen molar-refractivity contribution < 1.29 is 14.6 Å². The zero-order valence-electron chi connectivity index (χ0n) is 11.0. The van der Waals surface area contributed by atoms with Gasteiger partial charge in [0.2, 0.25) is 0 Å². The van der Waals surface area contributed by atoms with Crippen LogP contribution in [0.25, 0.3) is 0 Å². The first-order valence-electron chi connectivity index (χ1n) is 6.06. The van der Waals surface area contributed by atoms with E-state index in [1.165, 1.54) is 0 Å². The van der Waals surface area contributed by atoms with Crippen LogP contribution in [0.1, 0.15) is 11.1 Å². The lowest BCUT2D eigenvalue weighted by molar-refractivity contribution is -0.139. The van der Waals surface area contributed by atoms with E-state index < -0.39 is 12.6 Å². The van der Waals surface area contributed by atoms with Gasteiger partial charge in [0.1, 0.15) is 5.75 Å². The van der Waals surface area contributed by atoms with Gasteiger partial charge >= 0.3 is 5.97 Å². The number of halogens is 1. The summed E-state index contributed by atoms with van der Waals surface area (Å²) in [5, 5.41) is 9.15. The molecule has 0 aliphatic carbocycles. The zero-order chi connectivity index (χ0) is 15.2. The summed E-state index contributed by atoms with van der Waals surface area (Å²) in [6.45, 7) is -0.432. The largest absolute Gasteiger partial charge is 0.481 e. The number of carboxylic acids is 1. The number of hydrogen-bond acceptors (Lipinski definition) is 3. The molecule has 0 heterocycles. The second-order valence-corrected chi connectivity index (χ2v) is 4.63. The number of anilines is 1.